The molecule has 108 valence electrons. The zero-order valence-corrected chi connectivity index (χ0v) is 11.2. The Balaban J connectivity index is 2.52. The van der Waals surface area contributed by atoms with Crippen LogP contribution in [0.1, 0.15) is 12.8 Å². The van der Waals surface area contributed by atoms with Gasteiger partial charge in [0, 0.05) is 0 Å². The van der Waals surface area contributed by atoms with Crippen LogP contribution in [0.3, 0.4) is 0 Å². The maximum Gasteiger partial charge on any atom is 0.408 e. The highest BCUT2D eigenvalue weighted by Crippen LogP contribution is 2.23. The molecule has 1 heterocycles. The van der Waals surface area contributed by atoms with Crippen molar-refractivity contribution < 1.29 is 27.9 Å². The fraction of sp³-hybridized carbons (Fsp3) is 0.636. The summed E-state index contributed by atoms with van der Waals surface area (Å²) in [5.74, 6) is -1.41. The van der Waals surface area contributed by atoms with E-state index in [4.69, 9.17) is 5.11 Å². The van der Waals surface area contributed by atoms with Crippen molar-refractivity contribution in [2.75, 3.05) is 18.1 Å². The molecular weight excluding hydrogens is 274 g/mol. The van der Waals surface area contributed by atoms with Gasteiger partial charge in [-0.1, -0.05) is 12.7 Å². The molecule has 0 aromatic carbocycles. The molecule has 2 N–H and O–H groups in total. The van der Waals surface area contributed by atoms with E-state index >= 15 is 0 Å². The molecule has 0 spiro atoms. The summed E-state index contributed by atoms with van der Waals surface area (Å²) >= 11 is 0. The number of carboxylic acid groups (broad SMARTS) is 1. The third kappa shape index (κ3) is 5.29. The molecule has 0 aliphatic carbocycles. The van der Waals surface area contributed by atoms with Gasteiger partial charge in [-0.2, -0.15) is 0 Å². The predicted molar refractivity (Wildman–Crippen MR) is 67.5 cm³/mol. The molecular formula is C11H17NO6S. The Labute approximate surface area is 111 Å². The van der Waals surface area contributed by atoms with Crippen molar-refractivity contribution in [3.8, 4) is 0 Å². The molecule has 8 heteroatoms. The van der Waals surface area contributed by atoms with Crippen molar-refractivity contribution in [1.82, 2.24) is 5.32 Å². The Hall–Kier alpha value is -1.57. The lowest BCUT2D eigenvalue weighted by atomic mass is 9.99. The number of amides is 1. The quantitative estimate of drug-likeness (QED) is 0.675. The lowest BCUT2D eigenvalue weighted by Gasteiger charge is -2.17. The Morgan fingerprint density at radius 3 is 2.68 bits per heavy atom. The number of carboxylic acids is 1. The Bertz CT molecular complexity index is 458. The molecule has 1 fully saturated rings. The van der Waals surface area contributed by atoms with Crippen LogP contribution in [0.25, 0.3) is 0 Å². The van der Waals surface area contributed by atoms with E-state index in [1.54, 1.807) is 0 Å². The number of ether oxygens (including phenoxy) is 1. The van der Waals surface area contributed by atoms with Gasteiger partial charge in [0.1, 0.15) is 12.6 Å². The number of nitrogens with one attached hydrogen (secondary N) is 1. The maximum atomic E-state index is 11.3. The Kier molecular flexibility index (Phi) is 5.34. The first-order valence-corrected chi connectivity index (χ1v) is 7.63. The van der Waals surface area contributed by atoms with E-state index in [2.05, 4.69) is 16.6 Å². The number of hydrogen-bond acceptors (Lipinski definition) is 5. The molecule has 2 atom stereocenters. The molecule has 1 aliphatic heterocycles. The molecule has 0 aromatic heterocycles. The highest BCUT2D eigenvalue weighted by molar-refractivity contribution is 7.91. The molecule has 1 saturated heterocycles. The Morgan fingerprint density at radius 2 is 2.21 bits per heavy atom. The van der Waals surface area contributed by atoms with Crippen LogP contribution >= 0.6 is 0 Å². The maximum absolute atomic E-state index is 11.3. The van der Waals surface area contributed by atoms with Gasteiger partial charge >= 0.3 is 12.1 Å². The summed E-state index contributed by atoms with van der Waals surface area (Å²) < 4.78 is 27.2. The average Bonchev–Trinajstić information content (AvgIpc) is 2.65. The smallest absolute Gasteiger partial charge is 0.408 e. The van der Waals surface area contributed by atoms with Crippen LogP contribution < -0.4 is 5.32 Å². The van der Waals surface area contributed by atoms with Gasteiger partial charge in [-0.05, 0) is 18.8 Å². The largest absolute Gasteiger partial charge is 0.480 e. The summed E-state index contributed by atoms with van der Waals surface area (Å²) in [4.78, 5) is 22.3. The zero-order valence-electron chi connectivity index (χ0n) is 10.4. The number of rotatable bonds is 6. The van der Waals surface area contributed by atoms with E-state index in [1.807, 2.05) is 0 Å². The lowest BCUT2D eigenvalue weighted by Crippen LogP contribution is -2.42. The fourth-order valence-corrected chi connectivity index (χ4v) is 3.81. The van der Waals surface area contributed by atoms with E-state index in [-0.39, 0.29) is 30.5 Å². The van der Waals surface area contributed by atoms with Gasteiger partial charge in [0.2, 0.25) is 0 Å². The second-order valence-electron chi connectivity index (χ2n) is 4.43. The summed E-state index contributed by atoms with van der Waals surface area (Å²) in [6, 6.07) is -1.14. The number of carbonyl (C=O) groups is 2. The van der Waals surface area contributed by atoms with E-state index < -0.39 is 27.9 Å². The second-order valence-corrected chi connectivity index (χ2v) is 6.66. The van der Waals surface area contributed by atoms with Gasteiger partial charge in [-0.3, -0.25) is 0 Å². The van der Waals surface area contributed by atoms with Crippen molar-refractivity contribution in [2.24, 2.45) is 5.92 Å². The van der Waals surface area contributed by atoms with Crippen LogP contribution in [0.4, 0.5) is 4.79 Å². The summed E-state index contributed by atoms with van der Waals surface area (Å²) in [5, 5.41) is 11.2. The van der Waals surface area contributed by atoms with Gasteiger partial charge in [0.25, 0.3) is 0 Å². The van der Waals surface area contributed by atoms with E-state index in [0.717, 1.165) is 0 Å². The number of hydrogen-bond donors (Lipinski definition) is 2. The molecule has 0 radical (unpaired) electrons. The average molecular weight is 291 g/mol. The predicted octanol–water partition coefficient (Wildman–Crippen LogP) is 0.177. The highest BCUT2D eigenvalue weighted by Gasteiger charge is 2.32. The highest BCUT2D eigenvalue weighted by atomic mass is 32.2. The van der Waals surface area contributed by atoms with Crippen LogP contribution in [-0.4, -0.2) is 49.7 Å². The summed E-state index contributed by atoms with van der Waals surface area (Å²) in [7, 11) is -3.06. The van der Waals surface area contributed by atoms with Crippen LogP contribution in [0.2, 0.25) is 0 Å². The fourth-order valence-electron chi connectivity index (χ4n) is 1.93. The molecule has 7 nitrogen and oxygen atoms in total. The summed E-state index contributed by atoms with van der Waals surface area (Å²) in [5.41, 5.74) is 0. The summed E-state index contributed by atoms with van der Waals surface area (Å²) in [6.45, 7) is 3.34. The number of alkyl carbamates (subject to hydrolysis) is 1. The monoisotopic (exact) mass is 291 g/mol. The first kappa shape index (κ1) is 15.5. The van der Waals surface area contributed by atoms with Gasteiger partial charge in [0.15, 0.2) is 9.84 Å². The minimum absolute atomic E-state index is 0.0179. The lowest BCUT2D eigenvalue weighted by molar-refractivity contribution is -0.139. The SMILES string of the molecule is C=CCOC(=O)NC(CC1CCS(=O)(=O)C1)C(=O)O. The molecule has 1 rings (SSSR count). The zero-order chi connectivity index (χ0) is 14.5. The molecule has 0 saturated carbocycles. The topological polar surface area (TPSA) is 110 Å². The van der Waals surface area contributed by atoms with Crippen molar-refractivity contribution >= 4 is 21.9 Å². The second kappa shape index (κ2) is 6.55. The van der Waals surface area contributed by atoms with Crippen molar-refractivity contribution in [3.63, 3.8) is 0 Å². The standard InChI is InChI=1S/C11H17NO6S/c1-2-4-18-11(15)12-9(10(13)14)6-8-3-5-19(16,17)7-8/h2,8-9H,1,3-7H2,(H,12,15)(H,13,14). The molecule has 1 amide bonds. The Morgan fingerprint density at radius 1 is 1.53 bits per heavy atom. The molecule has 0 aromatic rings. The van der Waals surface area contributed by atoms with Gasteiger partial charge < -0.3 is 15.2 Å². The van der Waals surface area contributed by atoms with E-state index in [0.29, 0.717) is 6.42 Å². The molecule has 19 heavy (non-hydrogen) atoms. The van der Waals surface area contributed by atoms with Crippen LogP contribution in [0.15, 0.2) is 12.7 Å². The van der Waals surface area contributed by atoms with Crippen molar-refractivity contribution in [2.45, 2.75) is 18.9 Å². The number of sulfone groups is 1. The third-order valence-electron chi connectivity index (χ3n) is 2.82. The molecule has 1 aliphatic rings. The van der Waals surface area contributed by atoms with Crippen LogP contribution in [0, 0.1) is 5.92 Å². The van der Waals surface area contributed by atoms with Crippen molar-refractivity contribution in [3.05, 3.63) is 12.7 Å². The van der Waals surface area contributed by atoms with Gasteiger partial charge in [-0.15, -0.1) is 0 Å². The molecule has 2 unspecified atom stereocenters. The first-order chi connectivity index (χ1) is 8.84. The minimum Gasteiger partial charge on any atom is -0.480 e. The minimum atomic E-state index is -3.06. The third-order valence-corrected chi connectivity index (χ3v) is 4.66. The first-order valence-electron chi connectivity index (χ1n) is 5.81. The number of carbonyl (C=O) groups excluding carboxylic acids is 1. The van der Waals surface area contributed by atoms with E-state index in [9.17, 15) is 18.0 Å². The van der Waals surface area contributed by atoms with Crippen LogP contribution in [0.5, 0.6) is 0 Å². The van der Waals surface area contributed by atoms with Crippen molar-refractivity contribution in [1.29, 1.82) is 0 Å². The van der Waals surface area contributed by atoms with Gasteiger partial charge in [-0.25, -0.2) is 18.0 Å². The van der Waals surface area contributed by atoms with Gasteiger partial charge in [0.05, 0.1) is 11.5 Å². The number of aliphatic carboxylic acids is 1. The summed E-state index contributed by atoms with van der Waals surface area (Å²) in [6.07, 6.45) is 1.01. The van der Waals surface area contributed by atoms with E-state index in [1.165, 1.54) is 6.08 Å². The van der Waals surface area contributed by atoms with Crippen LogP contribution in [-0.2, 0) is 19.4 Å². The normalized spacial score (nSPS) is 22.4. The molecule has 0 bridgehead atoms.